The first-order chi connectivity index (χ1) is 19.6. The van der Waals surface area contributed by atoms with Crippen LogP contribution in [0.4, 0.5) is 0 Å². The Morgan fingerprint density at radius 2 is 1.69 bits per heavy atom. The van der Waals surface area contributed by atoms with Crippen LogP contribution in [0, 0.1) is 17.3 Å². The van der Waals surface area contributed by atoms with E-state index in [1.54, 1.807) is 23.9 Å². The predicted octanol–water partition coefficient (Wildman–Crippen LogP) is 5.67. The molecule has 0 aromatic rings. The van der Waals surface area contributed by atoms with Crippen molar-refractivity contribution in [3.8, 4) is 0 Å². The van der Waals surface area contributed by atoms with Crippen LogP contribution in [0.25, 0.3) is 0 Å². The van der Waals surface area contributed by atoms with Crippen molar-refractivity contribution < 1.29 is 19.5 Å². The summed E-state index contributed by atoms with van der Waals surface area (Å²) in [6.07, 6.45) is 10.0. The maximum absolute atomic E-state index is 14.9. The number of aliphatic hydroxyl groups is 1. The Labute approximate surface area is 259 Å². The fraction of sp³-hybridized carbons (Fsp3) is 0.794. The maximum Gasteiger partial charge on any atom is 0.247 e. The van der Waals surface area contributed by atoms with E-state index in [1.807, 2.05) is 14.7 Å². The third-order valence-electron chi connectivity index (χ3n) is 9.51. The molecule has 2 bridgehead atoms. The van der Waals surface area contributed by atoms with Crippen LogP contribution in [0.1, 0.15) is 99.8 Å². The van der Waals surface area contributed by atoms with Gasteiger partial charge in [-0.15, -0.1) is 24.9 Å². The van der Waals surface area contributed by atoms with Gasteiger partial charge in [0.2, 0.25) is 17.7 Å². The van der Waals surface area contributed by atoms with E-state index < -0.39 is 28.2 Å². The molecule has 1 spiro atoms. The number of nitrogens with zero attached hydrogens (tertiary/aromatic N) is 3. The Morgan fingerprint density at radius 1 is 1.05 bits per heavy atom. The third kappa shape index (κ3) is 6.64. The van der Waals surface area contributed by atoms with Gasteiger partial charge in [-0.25, -0.2) is 0 Å². The van der Waals surface area contributed by atoms with Crippen LogP contribution in [-0.4, -0.2) is 91.4 Å². The molecule has 3 aliphatic rings. The fourth-order valence-corrected chi connectivity index (χ4v) is 10.6. The minimum atomic E-state index is -0.627. The van der Waals surface area contributed by atoms with E-state index in [4.69, 9.17) is 0 Å². The van der Waals surface area contributed by atoms with Crippen molar-refractivity contribution in [2.45, 2.75) is 121 Å². The lowest BCUT2D eigenvalue weighted by Crippen LogP contribution is -2.60. The van der Waals surface area contributed by atoms with Gasteiger partial charge in [0.15, 0.2) is 0 Å². The second-order valence-electron chi connectivity index (χ2n) is 14.8. The molecule has 0 radical (unpaired) electrons. The summed E-state index contributed by atoms with van der Waals surface area (Å²) in [5.74, 6) is -0.997. The number of rotatable bonds is 16. The average molecular weight is 604 g/mol. The van der Waals surface area contributed by atoms with Crippen LogP contribution in [0.5, 0.6) is 0 Å². The molecule has 238 valence electrons. The first-order valence-electron chi connectivity index (χ1n) is 16.1. The highest BCUT2D eigenvalue weighted by Crippen LogP contribution is 2.71. The number of unbranched alkanes of at least 4 members (excludes halogenated alkanes) is 3. The molecular weight excluding hydrogens is 546 g/mol. The summed E-state index contributed by atoms with van der Waals surface area (Å²) < 4.78 is -1.02. The second-order valence-corrected chi connectivity index (χ2v) is 16.7. The van der Waals surface area contributed by atoms with Crippen LogP contribution in [-0.2, 0) is 14.4 Å². The minimum Gasteiger partial charge on any atom is -0.396 e. The van der Waals surface area contributed by atoms with Crippen LogP contribution < -0.4 is 0 Å². The van der Waals surface area contributed by atoms with Crippen LogP contribution in [0.15, 0.2) is 25.3 Å². The Bertz CT molecular complexity index is 1020. The van der Waals surface area contributed by atoms with Crippen molar-refractivity contribution in [2.75, 3.05) is 32.8 Å². The Morgan fingerprint density at radius 3 is 2.26 bits per heavy atom. The SMILES string of the molecule is C=CCN(CCC)C(=O)[C@@H]1[C@H]2C(=O)N(CCCCCCO)C(C(=O)N(CC=C)C(C)(C)CC(C)(C)C)C23CC[C@@]1(C)S3. The van der Waals surface area contributed by atoms with Gasteiger partial charge in [0.25, 0.3) is 0 Å². The average Bonchev–Trinajstić information content (AvgIpc) is 3.45. The Balaban J connectivity index is 2.08. The molecule has 3 heterocycles. The molecule has 1 N–H and O–H groups in total. The highest BCUT2D eigenvalue weighted by Gasteiger charge is 2.77. The van der Waals surface area contributed by atoms with E-state index in [2.05, 4.69) is 61.6 Å². The van der Waals surface area contributed by atoms with E-state index in [9.17, 15) is 19.5 Å². The summed E-state index contributed by atoms with van der Waals surface area (Å²) in [4.78, 5) is 49.4. The minimum absolute atomic E-state index is 0.00134. The summed E-state index contributed by atoms with van der Waals surface area (Å²) in [5, 5.41) is 9.24. The molecular formula is C34H57N3O4S. The van der Waals surface area contributed by atoms with Crippen LogP contribution in [0.3, 0.4) is 0 Å². The maximum atomic E-state index is 14.9. The summed E-state index contributed by atoms with van der Waals surface area (Å²) >= 11 is 1.75. The number of fused-ring (bicyclic) bond motifs is 1. The summed E-state index contributed by atoms with van der Waals surface area (Å²) in [6, 6.07) is -0.615. The number of carbonyl (C=O) groups is 3. The lowest BCUT2D eigenvalue weighted by molar-refractivity contribution is -0.147. The highest BCUT2D eigenvalue weighted by atomic mass is 32.2. The first kappa shape index (κ1) is 34.7. The molecule has 0 saturated carbocycles. The molecule has 0 aromatic carbocycles. The zero-order valence-electron chi connectivity index (χ0n) is 27.4. The predicted molar refractivity (Wildman–Crippen MR) is 173 cm³/mol. The van der Waals surface area contributed by atoms with E-state index >= 15 is 0 Å². The Kier molecular flexibility index (Phi) is 11.1. The van der Waals surface area contributed by atoms with Gasteiger partial charge in [-0.05, 0) is 64.7 Å². The van der Waals surface area contributed by atoms with Gasteiger partial charge in [-0.3, -0.25) is 14.4 Å². The van der Waals surface area contributed by atoms with E-state index in [1.165, 1.54) is 0 Å². The number of likely N-dealkylation sites (tertiary alicyclic amines) is 1. The van der Waals surface area contributed by atoms with E-state index in [-0.39, 0.29) is 34.5 Å². The zero-order valence-corrected chi connectivity index (χ0v) is 28.2. The van der Waals surface area contributed by atoms with Crippen molar-refractivity contribution in [1.29, 1.82) is 0 Å². The standard InChI is InChI=1S/C34H57N3O4S/c1-10-19-35(20-11-2)28(39)25-26-29(40)36(22-15-13-14-16-23-38)27(34(26)18-17-33(25,9)42-34)30(41)37(21-12-3)32(7,8)24-31(4,5)6/h10,12,25-27,38H,1,3,11,13-24H2,2,4-9H3/t25-,26-,27?,33+,34?/m0/s1. The van der Waals surface area contributed by atoms with E-state index in [0.717, 1.165) is 51.4 Å². The molecule has 3 fully saturated rings. The molecule has 0 aliphatic carbocycles. The highest BCUT2D eigenvalue weighted by molar-refractivity contribution is 8.02. The topological polar surface area (TPSA) is 81.2 Å². The molecule has 3 saturated heterocycles. The molecule has 3 rings (SSSR count). The number of carbonyl (C=O) groups excluding carboxylic acids is 3. The van der Waals surface area contributed by atoms with Gasteiger partial charge in [0.05, 0.1) is 16.6 Å². The summed E-state index contributed by atoms with van der Waals surface area (Å²) in [7, 11) is 0. The van der Waals surface area contributed by atoms with Crippen molar-refractivity contribution in [3.63, 3.8) is 0 Å². The monoisotopic (exact) mass is 603 g/mol. The largest absolute Gasteiger partial charge is 0.396 e. The molecule has 2 unspecified atom stereocenters. The molecule has 5 atom stereocenters. The second kappa shape index (κ2) is 13.5. The van der Waals surface area contributed by atoms with Crippen molar-refractivity contribution >= 4 is 29.5 Å². The van der Waals surface area contributed by atoms with Gasteiger partial charge in [0, 0.05) is 43.1 Å². The van der Waals surface area contributed by atoms with E-state index in [0.29, 0.717) is 26.2 Å². The molecule has 3 aliphatic heterocycles. The first-order valence-corrected chi connectivity index (χ1v) is 16.9. The fourth-order valence-electron chi connectivity index (χ4n) is 8.29. The number of amides is 3. The zero-order chi connectivity index (χ0) is 31.5. The number of aliphatic hydroxyl groups excluding tert-OH is 1. The van der Waals surface area contributed by atoms with Gasteiger partial charge in [-0.1, -0.05) is 52.7 Å². The van der Waals surface area contributed by atoms with Gasteiger partial charge < -0.3 is 19.8 Å². The van der Waals surface area contributed by atoms with Crippen molar-refractivity contribution in [3.05, 3.63) is 25.3 Å². The van der Waals surface area contributed by atoms with Crippen molar-refractivity contribution in [1.82, 2.24) is 14.7 Å². The smallest absolute Gasteiger partial charge is 0.247 e. The molecule has 3 amide bonds. The normalized spacial score (nSPS) is 28.6. The van der Waals surface area contributed by atoms with Gasteiger partial charge in [0.1, 0.15) is 6.04 Å². The lowest BCUT2D eigenvalue weighted by atomic mass is 9.66. The number of hydrogen-bond acceptors (Lipinski definition) is 5. The van der Waals surface area contributed by atoms with Crippen LogP contribution in [0.2, 0.25) is 0 Å². The Hall–Kier alpha value is -1.80. The van der Waals surface area contributed by atoms with Crippen LogP contribution >= 0.6 is 11.8 Å². The number of thioether (sulfide) groups is 1. The van der Waals surface area contributed by atoms with Gasteiger partial charge >= 0.3 is 0 Å². The number of hydrogen-bond donors (Lipinski definition) is 1. The molecule has 42 heavy (non-hydrogen) atoms. The van der Waals surface area contributed by atoms with Crippen molar-refractivity contribution in [2.24, 2.45) is 17.3 Å². The van der Waals surface area contributed by atoms with Gasteiger partial charge in [-0.2, -0.15) is 0 Å². The quantitative estimate of drug-likeness (QED) is 0.182. The molecule has 0 aromatic heterocycles. The summed E-state index contributed by atoms with van der Waals surface area (Å²) in [5.41, 5.74) is -0.447. The third-order valence-corrected chi connectivity index (χ3v) is 11.5. The molecule has 7 nitrogen and oxygen atoms in total. The lowest BCUT2D eigenvalue weighted by Gasteiger charge is -2.46. The molecule has 8 heteroatoms. The summed E-state index contributed by atoms with van der Waals surface area (Å²) in [6.45, 7) is 25.0.